The maximum Gasteiger partial charge on any atom is 0.351 e. The van der Waals surface area contributed by atoms with E-state index in [9.17, 15) is 4.79 Å². The molecule has 0 bridgehead atoms. The number of hydrogen-bond donors (Lipinski definition) is 0. The second-order valence-corrected chi connectivity index (χ2v) is 4.31. The fourth-order valence-electron chi connectivity index (χ4n) is 1.79. The number of fused-ring (bicyclic) bond motifs is 1. The Hall–Kier alpha value is -2.63. The van der Waals surface area contributed by atoms with E-state index in [-0.39, 0.29) is 6.01 Å². The molecule has 0 amide bonds. The molecule has 3 aromatic rings. The third kappa shape index (κ3) is 1.87. The first kappa shape index (κ1) is 11.5. The van der Waals surface area contributed by atoms with Crippen molar-refractivity contribution in [2.45, 2.75) is 0 Å². The summed E-state index contributed by atoms with van der Waals surface area (Å²) in [6.45, 7) is 0. The predicted molar refractivity (Wildman–Crippen MR) is 71.7 cm³/mol. The monoisotopic (exact) mass is 256 g/mol. The van der Waals surface area contributed by atoms with Gasteiger partial charge in [0.2, 0.25) is 0 Å². The molecule has 0 atom stereocenters. The van der Waals surface area contributed by atoms with Crippen LogP contribution in [-0.2, 0) is 0 Å². The van der Waals surface area contributed by atoms with E-state index in [4.69, 9.17) is 4.42 Å². The Kier molecular flexibility index (Phi) is 2.56. The summed E-state index contributed by atoms with van der Waals surface area (Å²) in [6.07, 6.45) is 1.47. The van der Waals surface area contributed by atoms with Crippen molar-refractivity contribution in [3.63, 3.8) is 0 Å². The van der Waals surface area contributed by atoms with Gasteiger partial charge in [0.1, 0.15) is 5.39 Å². The summed E-state index contributed by atoms with van der Waals surface area (Å²) in [5.74, 6) is 0. The van der Waals surface area contributed by atoms with Crippen LogP contribution in [0.25, 0.3) is 16.7 Å². The third-order valence-corrected chi connectivity index (χ3v) is 2.73. The topological polar surface area (TPSA) is 64.2 Å². The molecule has 2 heterocycles. The molecule has 0 aliphatic heterocycles. The lowest BCUT2D eigenvalue weighted by molar-refractivity contribution is 0.502. The number of benzene rings is 1. The first-order valence-electron chi connectivity index (χ1n) is 5.78. The number of hydrogen-bond acceptors (Lipinski definition) is 5. The van der Waals surface area contributed by atoms with Crippen LogP contribution in [0, 0.1) is 0 Å². The molecule has 19 heavy (non-hydrogen) atoms. The minimum atomic E-state index is -0.434. The highest BCUT2D eigenvalue weighted by molar-refractivity contribution is 5.75. The molecule has 2 aromatic heterocycles. The van der Waals surface area contributed by atoms with Crippen molar-refractivity contribution in [3.05, 3.63) is 46.9 Å². The van der Waals surface area contributed by atoms with Gasteiger partial charge in [0, 0.05) is 14.1 Å². The Morgan fingerprint density at radius 1 is 1.21 bits per heavy atom. The smallest absolute Gasteiger partial charge is 0.351 e. The second kappa shape index (κ2) is 4.24. The van der Waals surface area contributed by atoms with Crippen LogP contribution in [0.2, 0.25) is 0 Å². The number of nitrogens with zero attached hydrogens (tertiary/aromatic N) is 4. The van der Waals surface area contributed by atoms with Gasteiger partial charge in [-0.15, -0.1) is 0 Å². The van der Waals surface area contributed by atoms with Crippen LogP contribution in [-0.4, -0.2) is 28.9 Å². The van der Waals surface area contributed by atoms with Crippen LogP contribution in [0.15, 0.2) is 45.7 Å². The molecule has 0 fully saturated rings. The molecular weight excluding hydrogens is 244 g/mol. The van der Waals surface area contributed by atoms with Gasteiger partial charge >= 0.3 is 11.6 Å². The largest absolute Gasteiger partial charge is 0.388 e. The molecule has 0 N–H and O–H groups in total. The minimum Gasteiger partial charge on any atom is -0.388 e. The van der Waals surface area contributed by atoms with E-state index < -0.39 is 5.63 Å². The van der Waals surface area contributed by atoms with Gasteiger partial charge in [0.15, 0.2) is 5.65 Å². The SMILES string of the molecule is CN(C)c1nc2c(cnn2-c2ccccc2)c(=O)o1. The summed E-state index contributed by atoms with van der Waals surface area (Å²) in [7, 11) is 3.53. The summed E-state index contributed by atoms with van der Waals surface area (Å²) in [6, 6.07) is 9.79. The Balaban J connectivity index is 2.31. The molecule has 96 valence electrons. The normalized spacial score (nSPS) is 10.8. The molecule has 0 saturated heterocycles. The molecule has 6 heteroatoms. The molecule has 0 spiro atoms. The van der Waals surface area contributed by atoms with E-state index in [0.717, 1.165) is 5.69 Å². The number of para-hydroxylation sites is 1. The van der Waals surface area contributed by atoms with Crippen molar-refractivity contribution >= 4 is 17.0 Å². The molecule has 3 rings (SSSR count). The van der Waals surface area contributed by atoms with Crippen LogP contribution < -0.4 is 10.5 Å². The number of aromatic nitrogens is 3. The molecule has 0 aliphatic rings. The molecule has 0 saturated carbocycles. The molecule has 0 aliphatic carbocycles. The zero-order valence-corrected chi connectivity index (χ0v) is 10.6. The van der Waals surface area contributed by atoms with E-state index >= 15 is 0 Å². The average Bonchev–Trinajstić information content (AvgIpc) is 2.84. The van der Waals surface area contributed by atoms with Crippen molar-refractivity contribution in [2.75, 3.05) is 19.0 Å². The van der Waals surface area contributed by atoms with Gasteiger partial charge in [-0.1, -0.05) is 18.2 Å². The lowest BCUT2D eigenvalue weighted by atomic mass is 10.3. The Morgan fingerprint density at radius 3 is 2.63 bits per heavy atom. The van der Waals surface area contributed by atoms with E-state index in [1.807, 2.05) is 30.3 Å². The predicted octanol–water partition coefficient (Wildman–Crippen LogP) is 1.44. The van der Waals surface area contributed by atoms with Gasteiger partial charge < -0.3 is 9.32 Å². The lowest BCUT2D eigenvalue weighted by Gasteiger charge is -2.08. The van der Waals surface area contributed by atoms with Gasteiger partial charge in [-0.2, -0.15) is 10.1 Å². The highest BCUT2D eigenvalue weighted by Gasteiger charge is 2.13. The van der Waals surface area contributed by atoms with Crippen LogP contribution in [0.5, 0.6) is 0 Å². The number of anilines is 1. The van der Waals surface area contributed by atoms with E-state index in [0.29, 0.717) is 11.0 Å². The summed E-state index contributed by atoms with van der Waals surface area (Å²) in [5.41, 5.74) is 0.905. The molecule has 1 aromatic carbocycles. The first-order chi connectivity index (χ1) is 9.16. The van der Waals surface area contributed by atoms with Crippen molar-refractivity contribution < 1.29 is 4.42 Å². The molecular formula is C13H12N4O2. The van der Waals surface area contributed by atoms with Crippen LogP contribution in [0.4, 0.5) is 6.01 Å². The second-order valence-electron chi connectivity index (χ2n) is 4.31. The standard InChI is InChI=1S/C13H12N4O2/c1-16(2)13-15-11-10(12(18)19-13)8-14-17(11)9-6-4-3-5-7-9/h3-8H,1-2H3. The Bertz CT molecular complexity index is 774. The van der Waals surface area contributed by atoms with E-state index in [1.165, 1.54) is 6.20 Å². The van der Waals surface area contributed by atoms with Crippen molar-refractivity contribution in [1.29, 1.82) is 0 Å². The zero-order valence-electron chi connectivity index (χ0n) is 10.6. The highest BCUT2D eigenvalue weighted by Crippen LogP contribution is 2.16. The van der Waals surface area contributed by atoms with Gasteiger partial charge in [-0.05, 0) is 12.1 Å². The van der Waals surface area contributed by atoms with E-state index in [2.05, 4.69) is 10.1 Å². The average molecular weight is 256 g/mol. The molecule has 0 unspecified atom stereocenters. The summed E-state index contributed by atoms with van der Waals surface area (Å²) in [5, 5.41) is 4.57. The van der Waals surface area contributed by atoms with Crippen LogP contribution in [0.1, 0.15) is 0 Å². The Morgan fingerprint density at radius 2 is 1.95 bits per heavy atom. The van der Waals surface area contributed by atoms with Gasteiger partial charge in [0.05, 0.1) is 11.9 Å². The Labute approximate surface area is 108 Å². The highest BCUT2D eigenvalue weighted by atomic mass is 16.4. The maximum absolute atomic E-state index is 11.9. The fraction of sp³-hybridized carbons (Fsp3) is 0.154. The summed E-state index contributed by atoms with van der Waals surface area (Å²) >= 11 is 0. The lowest BCUT2D eigenvalue weighted by Crippen LogP contribution is -2.15. The molecule has 6 nitrogen and oxygen atoms in total. The van der Waals surface area contributed by atoms with Gasteiger partial charge in [0.25, 0.3) is 0 Å². The first-order valence-corrected chi connectivity index (χ1v) is 5.78. The number of rotatable bonds is 2. The zero-order chi connectivity index (χ0) is 13.4. The van der Waals surface area contributed by atoms with Crippen LogP contribution in [0.3, 0.4) is 0 Å². The maximum atomic E-state index is 11.9. The minimum absolute atomic E-state index is 0.259. The summed E-state index contributed by atoms with van der Waals surface area (Å²) < 4.78 is 6.73. The van der Waals surface area contributed by atoms with Crippen molar-refractivity contribution in [2.24, 2.45) is 0 Å². The quantitative estimate of drug-likeness (QED) is 0.694. The third-order valence-electron chi connectivity index (χ3n) is 2.73. The van der Waals surface area contributed by atoms with Gasteiger partial charge in [-0.25, -0.2) is 9.48 Å². The fourth-order valence-corrected chi connectivity index (χ4v) is 1.79. The molecule has 0 radical (unpaired) electrons. The van der Waals surface area contributed by atoms with Crippen molar-refractivity contribution in [1.82, 2.24) is 14.8 Å². The van der Waals surface area contributed by atoms with Gasteiger partial charge in [-0.3, -0.25) is 0 Å². The van der Waals surface area contributed by atoms with Crippen molar-refractivity contribution in [3.8, 4) is 5.69 Å². The summed E-state index contributed by atoms with van der Waals surface area (Å²) in [4.78, 5) is 17.8. The van der Waals surface area contributed by atoms with E-state index in [1.54, 1.807) is 23.7 Å². The van der Waals surface area contributed by atoms with Crippen LogP contribution >= 0.6 is 0 Å².